The molecule has 1 aromatic heterocycles. The zero-order chi connectivity index (χ0) is 13.1. The molecule has 0 unspecified atom stereocenters. The molecule has 2 aromatic rings. The van der Waals surface area contributed by atoms with E-state index in [0.717, 1.165) is 5.56 Å². The van der Waals surface area contributed by atoms with Crippen molar-refractivity contribution in [2.75, 3.05) is 0 Å². The minimum Gasteiger partial charge on any atom is -0.454 e. The average Bonchev–Trinajstić information content (AvgIpc) is 2.36. The topological polar surface area (TPSA) is 22.1 Å². The van der Waals surface area contributed by atoms with Gasteiger partial charge in [-0.3, -0.25) is 4.98 Å². The normalized spacial score (nSPS) is 10.4. The summed E-state index contributed by atoms with van der Waals surface area (Å²) in [5.74, 6) is 1.36. The molecule has 0 amide bonds. The van der Waals surface area contributed by atoms with Gasteiger partial charge in [0.15, 0.2) is 0 Å². The Morgan fingerprint density at radius 3 is 2.67 bits per heavy atom. The summed E-state index contributed by atoms with van der Waals surface area (Å²) in [4.78, 5) is 3.99. The van der Waals surface area contributed by atoms with Crippen LogP contribution >= 0.6 is 50.7 Å². The van der Waals surface area contributed by atoms with E-state index in [1.165, 1.54) is 0 Å². The zero-order valence-electron chi connectivity index (χ0n) is 8.96. The lowest BCUT2D eigenvalue weighted by molar-refractivity contribution is 0.476. The molecule has 0 radical (unpaired) electrons. The minimum absolute atomic E-state index is 0.333. The number of halogens is 4. The quantitative estimate of drug-likeness (QED) is 0.514. The maximum Gasteiger partial charge on any atom is 0.150 e. The molecule has 0 atom stereocenters. The molecule has 0 aliphatic rings. The van der Waals surface area contributed by atoms with Crippen molar-refractivity contribution in [3.63, 3.8) is 0 Å². The summed E-state index contributed by atoms with van der Waals surface area (Å²) >= 11 is 21.2. The Morgan fingerprint density at radius 2 is 1.94 bits per heavy atom. The third kappa shape index (κ3) is 3.09. The number of nitrogens with zero attached hydrogens (tertiary/aromatic N) is 1. The summed E-state index contributed by atoms with van der Waals surface area (Å²) in [5.41, 5.74) is 0.835. The molecule has 1 heterocycles. The maximum atomic E-state index is 6.08. The van der Waals surface area contributed by atoms with Gasteiger partial charge in [0.1, 0.15) is 11.5 Å². The lowest BCUT2D eigenvalue weighted by Gasteiger charge is -2.11. The molecular formula is C12H7BrCl3NO. The zero-order valence-corrected chi connectivity index (χ0v) is 12.8. The monoisotopic (exact) mass is 365 g/mol. The van der Waals surface area contributed by atoms with Gasteiger partial charge in [-0.1, -0.05) is 23.2 Å². The molecule has 0 spiro atoms. The van der Waals surface area contributed by atoms with Crippen LogP contribution in [0.15, 0.2) is 35.1 Å². The number of aromatic nitrogens is 1. The highest BCUT2D eigenvalue weighted by Crippen LogP contribution is 2.37. The van der Waals surface area contributed by atoms with Crippen molar-refractivity contribution in [2.24, 2.45) is 0 Å². The number of ether oxygens (including phenoxy) is 1. The van der Waals surface area contributed by atoms with Gasteiger partial charge in [-0.25, -0.2) is 0 Å². The molecule has 2 rings (SSSR count). The van der Waals surface area contributed by atoms with Gasteiger partial charge in [-0.2, -0.15) is 0 Å². The predicted octanol–water partition coefficient (Wildman–Crippen LogP) is 5.68. The van der Waals surface area contributed by atoms with E-state index in [4.69, 9.17) is 39.5 Å². The van der Waals surface area contributed by atoms with Gasteiger partial charge in [0.25, 0.3) is 0 Å². The highest BCUT2D eigenvalue weighted by molar-refractivity contribution is 9.10. The van der Waals surface area contributed by atoms with Crippen molar-refractivity contribution < 1.29 is 4.74 Å². The van der Waals surface area contributed by atoms with Crippen molar-refractivity contribution in [1.82, 2.24) is 4.98 Å². The molecule has 18 heavy (non-hydrogen) atoms. The number of rotatable bonds is 3. The van der Waals surface area contributed by atoms with E-state index in [2.05, 4.69) is 20.9 Å². The van der Waals surface area contributed by atoms with E-state index < -0.39 is 0 Å². The van der Waals surface area contributed by atoms with Crippen LogP contribution < -0.4 is 4.74 Å². The van der Waals surface area contributed by atoms with E-state index in [0.29, 0.717) is 31.9 Å². The van der Waals surface area contributed by atoms with Crippen LogP contribution in [0.4, 0.5) is 0 Å². The van der Waals surface area contributed by atoms with E-state index in [-0.39, 0.29) is 0 Å². The molecule has 0 N–H and O–H groups in total. The number of hydrogen-bond acceptors (Lipinski definition) is 2. The van der Waals surface area contributed by atoms with Crippen LogP contribution in [0.1, 0.15) is 5.56 Å². The summed E-state index contributed by atoms with van der Waals surface area (Å²) in [6.45, 7) is 0. The van der Waals surface area contributed by atoms with Gasteiger partial charge in [0, 0.05) is 22.3 Å². The molecule has 0 fully saturated rings. The number of benzene rings is 1. The van der Waals surface area contributed by atoms with Crippen LogP contribution in [0.3, 0.4) is 0 Å². The highest BCUT2D eigenvalue weighted by atomic mass is 79.9. The van der Waals surface area contributed by atoms with Crippen molar-refractivity contribution in [3.8, 4) is 11.5 Å². The van der Waals surface area contributed by atoms with Crippen LogP contribution in [-0.4, -0.2) is 4.98 Å². The van der Waals surface area contributed by atoms with Crippen molar-refractivity contribution in [3.05, 3.63) is 50.7 Å². The van der Waals surface area contributed by atoms with Gasteiger partial charge >= 0.3 is 0 Å². The third-order valence-electron chi connectivity index (χ3n) is 2.21. The first-order valence-electron chi connectivity index (χ1n) is 4.93. The lowest BCUT2D eigenvalue weighted by atomic mass is 10.3. The van der Waals surface area contributed by atoms with E-state index >= 15 is 0 Å². The molecule has 6 heteroatoms. The van der Waals surface area contributed by atoms with E-state index in [1.807, 2.05) is 0 Å². The molecule has 0 saturated heterocycles. The van der Waals surface area contributed by atoms with Gasteiger partial charge in [-0.15, -0.1) is 11.6 Å². The third-order valence-corrected chi connectivity index (χ3v) is 3.99. The van der Waals surface area contributed by atoms with Crippen LogP contribution in [0, 0.1) is 0 Å². The van der Waals surface area contributed by atoms with Crippen LogP contribution in [0.2, 0.25) is 10.0 Å². The average molecular weight is 367 g/mol. The van der Waals surface area contributed by atoms with Gasteiger partial charge in [-0.05, 0) is 28.1 Å². The first-order chi connectivity index (χ1) is 8.61. The Bertz CT molecular complexity index is 577. The standard InChI is InChI=1S/C12H7BrCl3NO/c13-8-3-10(16)11(4-9(8)15)18-12-6-17-2-1-7(12)5-14/h1-4,6H,5H2. The fourth-order valence-corrected chi connectivity index (χ4v) is 2.36. The van der Waals surface area contributed by atoms with Crippen molar-refractivity contribution >= 4 is 50.7 Å². The van der Waals surface area contributed by atoms with Gasteiger partial charge in [0.05, 0.1) is 22.1 Å². The molecular weight excluding hydrogens is 360 g/mol. The molecule has 0 saturated carbocycles. The second kappa shape index (κ2) is 6.11. The summed E-state index contributed by atoms with van der Waals surface area (Å²) in [6.07, 6.45) is 3.24. The van der Waals surface area contributed by atoms with Crippen molar-refractivity contribution in [1.29, 1.82) is 0 Å². The molecule has 1 aromatic carbocycles. The first kappa shape index (κ1) is 13.9. The lowest BCUT2D eigenvalue weighted by Crippen LogP contribution is -1.91. The number of alkyl halides is 1. The fourth-order valence-electron chi connectivity index (χ4n) is 1.31. The smallest absolute Gasteiger partial charge is 0.150 e. The van der Waals surface area contributed by atoms with Crippen LogP contribution in [-0.2, 0) is 5.88 Å². The fraction of sp³-hybridized carbons (Fsp3) is 0.0833. The summed E-state index contributed by atoms with van der Waals surface area (Å²) in [5, 5.41) is 0.973. The predicted molar refractivity (Wildman–Crippen MR) is 78.0 cm³/mol. The molecule has 0 aliphatic carbocycles. The molecule has 0 aliphatic heterocycles. The second-order valence-electron chi connectivity index (χ2n) is 3.42. The van der Waals surface area contributed by atoms with Gasteiger partial charge < -0.3 is 4.74 Å². The summed E-state index contributed by atoms with van der Waals surface area (Å²) in [7, 11) is 0. The molecule has 2 nitrogen and oxygen atoms in total. The number of pyridine rings is 1. The Morgan fingerprint density at radius 1 is 1.17 bits per heavy atom. The molecule has 0 bridgehead atoms. The Kier molecular flexibility index (Phi) is 4.73. The van der Waals surface area contributed by atoms with E-state index in [9.17, 15) is 0 Å². The van der Waals surface area contributed by atoms with E-state index in [1.54, 1.807) is 30.6 Å². The first-order valence-corrected chi connectivity index (χ1v) is 7.01. The maximum absolute atomic E-state index is 6.08. The van der Waals surface area contributed by atoms with Crippen LogP contribution in [0.25, 0.3) is 0 Å². The minimum atomic E-state index is 0.333. The van der Waals surface area contributed by atoms with Gasteiger partial charge in [0.2, 0.25) is 0 Å². The Balaban J connectivity index is 2.37. The highest BCUT2D eigenvalue weighted by Gasteiger charge is 2.10. The Labute approximate surface area is 128 Å². The summed E-state index contributed by atoms with van der Waals surface area (Å²) in [6, 6.07) is 5.10. The van der Waals surface area contributed by atoms with Crippen LogP contribution in [0.5, 0.6) is 11.5 Å². The van der Waals surface area contributed by atoms with Crippen molar-refractivity contribution in [2.45, 2.75) is 5.88 Å². The second-order valence-corrected chi connectivity index (χ2v) is 5.35. The Hall–Kier alpha value is -0.480. The SMILES string of the molecule is ClCc1ccncc1Oc1cc(Cl)c(Br)cc1Cl. The summed E-state index contributed by atoms with van der Waals surface area (Å²) < 4.78 is 6.40. The molecule has 94 valence electrons. The largest absolute Gasteiger partial charge is 0.454 e. The number of hydrogen-bond donors (Lipinski definition) is 0.